The maximum atomic E-state index is 12.1. The summed E-state index contributed by atoms with van der Waals surface area (Å²) in [5, 5.41) is 14.6. The number of carboxylic acids is 1. The molecule has 0 heterocycles. The highest BCUT2D eigenvalue weighted by Crippen LogP contribution is 2.24. The van der Waals surface area contributed by atoms with E-state index in [4.69, 9.17) is 9.84 Å². The summed E-state index contributed by atoms with van der Waals surface area (Å²) in [5.74, 6) is -1.37. The van der Waals surface area contributed by atoms with Crippen molar-refractivity contribution in [3.63, 3.8) is 0 Å². The van der Waals surface area contributed by atoms with E-state index in [1.54, 1.807) is 31.2 Å². The average Bonchev–Trinajstić information content (AvgIpc) is 2.55. The Bertz CT molecular complexity index is 624. The molecule has 7 nitrogen and oxygen atoms in total. The van der Waals surface area contributed by atoms with E-state index in [0.29, 0.717) is 38.0 Å². The third kappa shape index (κ3) is 6.10. The Kier molecular flexibility index (Phi) is 6.80. The second kappa shape index (κ2) is 9.05. The molecule has 0 saturated heterocycles. The number of urea groups is 1. The Morgan fingerprint density at radius 2 is 1.92 bits per heavy atom. The Morgan fingerprint density at radius 3 is 2.56 bits per heavy atom. The SMILES string of the molecule is CCOC(=O)Cc1cccc(NC(=O)NC2CCC(C(=O)O)CC2)c1. The summed E-state index contributed by atoms with van der Waals surface area (Å²) in [4.78, 5) is 34.6. The summed E-state index contributed by atoms with van der Waals surface area (Å²) in [6, 6.07) is 6.70. The van der Waals surface area contributed by atoms with E-state index in [1.165, 1.54) is 0 Å². The van der Waals surface area contributed by atoms with Crippen LogP contribution < -0.4 is 10.6 Å². The van der Waals surface area contributed by atoms with Gasteiger partial charge in [0.15, 0.2) is 0 Å². The lowest BCUT2D eigenvalue weighted by atomic mass is 9.86. The number of rotatable bonds is 6. The molecule has 2 rings (SSSR count). The molecule has 0 aromatic heterocycles. The van der Waals surface area contributed by atoms with E-state index < -0.39 is 5.97 Å². The molecule has 0 radical (unpaired) electrons. The van der Waals surface area contributed by atoms with Gasteiger partial charge < -0.3 is 20.5 Å². The number of hydrogen-bond acceptors (Lipinski definition) is 4. The van der Waals surface area contributed by atoms with E-state index >= 15 is 0 Å². The molecular formula is C18H24N2O5. The first-order valence-corrected chi connectivity index (χ1v) is 8.52. The number of carbonyl (C=O) groups excluding carboxylic acids is 2. The van der Waals surface area contributed by atoms with Crippen LogP contribution in [-0.2, 0) is 20.7 Å². The topological polar surface area (TPSA) is 105 Å². The predicted molar refractivity (Wildman–Crippen MR) is 92.3 cm³/mol. The number of aliphatic carboxylic acids is 1. The first-order chi connectivity index (χ1) is 12.0. The van der Waals surface area contributed by atoms with Crippen LogP contribution in [0.15, 0.2) is 24.3 Å². The lowest BCUT2D eigenvalue weighted by molar-refractivity contribution is -0.143. The van der Waals surface area contributed by atoms with Crippen LogP contribution in [0.1, 0.15) is 38.2 Å². The van der Waals surface area contributed by atoms with Gasteiger partial charge in [0.2, 0.25) is 0 Å². The maximum Gasteiger partial charge on any atom is 0.319 e. The van der Waals surface area contributed by atoms with Crippen LogP contribution in [0.2, 0.25) is 0 Å². The zero-order valence-electron chi connectivity index (χ0n) is 14.3. The van der Waals surface area contributed by atoms with Gasteiger partial charge in [-0.05, 0) is 50.3 Å². The predicted octanol–water partition coefficient (Wildman–Crippen LogP) is 2.56. The zero-order valence-corrected chi connectivity index (χ0v) is 14.3. The van der Waals surface area contributed by atoms with E-state index in [1.807, 2.05) is 0 Å². The normalized spacial score (nSPS) is 19.7. The fraction of sp³-hybridized carbons (Fsp3) is 0.500. The molecule has 1 fully saturated rings. The summed E-state index contributed by atoms with van der Waals surface area (Å²) >= 11 is 0. The Labute approximate surface area is 146 Å². The number of hydrogen-bond donors (Lipinski definition) is 3. The van der Waals surface area contributed by atoms with Crippen LogP contribution in [0.3, 0.4) is 0 Å². The van der Waals surface area contributed by atoms with Gasteiger partial charge in [-0.15, -0.1) is 0 Å². The molecule has 1 aliphatic rings. The van der Waals surface area contributed by atoms with Crippen molar-refractivity contribution < 1.29 is 24.2 Å². The van der Waals surface area contributed by atoms with Gasteiger partial charge >= 0.3 is 18.0 Å². The van der Waals surface area contributed by atoms with Crippen LogP contribution >= 0.6 is 0 Å². The van der Waals surface area contributed by atoms with Gasteiger partial charge in [-0.1, -0.05) is 12.1 Å². The van der Waals surface area contributed by atoms with E-state index in [9.17, 15) is 14.4 Å². The first-order valence-electron chi connectivity index (χ1n) is 8.52. The largest absolute Gasteiger partial charge is 0.481 e. The van der Waals surface area contributed by atoms with Gasteiger partial charge in [-0.3, -0.25) is 9.59 Å². The molecule has 1 saturated carbocycles. The molecule has 2 amide bonds. The Morgan fingerprint density at radius 1 is 1.20 bits per heavy atom. The minimum atomic E-state index is -0.763. The number of amides is 2. The fourth-order valence-corrected chi connectivity index (χ4v) is 2.98. The summed E-state index contributed by atoms with van der Waals surface area (Å²) in [7, 11) is 0. The van der Waals surface area contributed by atoms with Gasteiger partial charge in [0.25, 0.3) is 0 Å². The minimum Gasteiger partial charge on any atom is -0.481 e. The number of carboxylic acid groups (broad SMARTS) is 1. The van der Waals surface area contributed by atoms with E-state index in [-0.39, 0.29) is 30.4 Å². The highest BCUT2D eigenvalue weighted by Gasteiger charge is 2.26. The highest BCUT2D eigenvalue weighted by molar-refractivity contribution is 5.89. The lowest BCUT2D eigenvalue weighted by Gasteiger charge is -2.26. The van der Waals surface area contributed by atoms with Crippen LogP contribution in [0.5, 0.6) is 0 Å². The summed E-state index contributed by atoms with van der Waals surface area (Å²) in [6.07, 6.45) is 2.63. The van der Waals surface area contributed by atoms with Crippen LogP contribution in [0, 0.1) is 5.92 Å². The van der Waals surface area contributed by atoms with Crippen molar-refractivity contribution in [1.82, 2.24) is 5.32 Å². The third-order valence-electron chi connectivity index (χ3n) is 4.25. The van der Waals surface area contributed by atoms with Crippen molar-refractivity contribution >= 4 is 23.7 Å². The van der Waals surface area contributed by atoms with Crippen molar-refractivity contribution in [3.8, 4) is 0 Å². The molecular weight excluding hydrogens is 324 g/mol. The van der Waals surface area contributed by atoms with Crippen molar-refractivity contribution in [2.45, 2.75) is 45.1 Å². The molecule has 0 unspecified atom stereocenters. The molecule has 0 atom stereocenters. The summed E-state index contributed by atoms with van der Waals surface area (Å²) < 4.78 is 4.91. The van der Waals surface area contributed by atoms with Gasteiger partial charge in [0, 0.05) is 11.7 Å². The molecule has 0 spiro atoms. The number of ether oxygens (including phenoxy) is 1. The fourth-order valence-electron chi connectivity index (χ4n) is 2.98. The van der Waals surface area contributed by atoms with Gasteiger partial charge in [0.05, 0.1) is 18.9 Å². The quantitative estimate of drug-likeness (QED) is 0.685. The smallest absolute Gasteiger partial charge is 0.319 e. The lowest BCUT2D eigenvalue weighted by Crippen LogP contribution is -2.41. The molecule has 136 valence electrons. The number of anilines is 1. The third-order valence-corrected chi connectivity index (χ3v) is 4.25. The molecule has 0 aliphatic heterocycles. The van der Waals surface area contributed by atoms with Crippen LogP contribution in [0.25, 0.3) is 0 Å². The van der Waals surface area contributed by atoms with Crippen LogP contribution in [0.4, 0.5) is 10.5 Å². The summed E-state index contributed by atoms with van der Waals surface area (Å²) in [6.45, 7) is 2.09. The molecule has 1 aromatic carbocycles. The van der Waals surface area contributed by atoms with Crippen LogP contribution in [-0.4, -0.2) is 35.7 Å². The van der Waals surface area contributed by atoms with Crippen molar-refractivity contribution in [2.24, 2.45) is 5.92 Å². The minimum absolute atomic E-state index is 0.0154. The van der Waals surface area contributed by atoms with Gasteiger partial charge in [0.1, 0.15) is 0 Å². The Hall–Kier alpha value is -2.57. The van der Waals surface area contributed by atoms with Crippen molar-refractivity contribution in [2.75, 3.05) is 11.9 Å². The van der Waals surface area contributed by atoms with Gasteiger partial charge in [-0.2, -0.15) is 0 Å². The molecule has 25 heavy (non-hydrogen) atoms. The second-order valence-electron chi connectivity index (χ2n) is 6.17. The number of carbonyl (C=O) groups is 3. The maximum absolute atomic E-state index is 12.1. The number of benzene rings is 1. The molecule has 0 bridgehead atoms. The van der Waals surface area contributed by atoms with Gasteiger partial charge in [-0.25, -0.2) is 4.79 Å². The average molecular weight is 348 g/mol. The summed E-state index contributed by atoms with van der Waals surface area (Å²) in [5.41, 5.74) is 1.36. The van der Waals surface area contributed by atoms with Crippen molar-refractivity contribution in [3.05, 3.63) is 29.8 Å². The molecule has 3 N–H and O–H groups in total. The molecule has 1 aliphatic carbocycles. The molecule has 7 heteroatoms. The molecule has 1 aromatic rings. The van der Waals surface area contributed by atoms with E-state index in [0.717, 1.165) is 5.56 Å². The first kappa shape index (κ1) is 18.8. The monoisotopic (exact) mass is 348 g/mol. The van der Waals surface area contributed by atoms with Crippen molar-refractivity contribution in [1.29, 1.82) is 0 Å². The second-order valence-corrected chi connectivity index (χ2v) is 6.17. The number of esters is 1. The standard InChI is InChI=1S/C18H24N2O5/c1-2-25-16(21)11-12-4-3-5-15(10-12)20-18(24)19-14-8-6-13(7-9-14)17(22)23/h3-5,10,13-14H,2,6-9,11H2,1H3,(H,22,23)(H2,19,20,24). The zero-order chi connectivity index (χ0) is 18.2. The Balaban J connectivity index is 1.82. The highest BCUT2D eigenvalue weighted by atomic mass is 16.5. The van der Waals surface area contributed by atoms with E-state index in [2.05, 4.69) is 10.6 Å². The number of nitrogens with one attached hydrogen (secondary N) is 2.